The quantitative estimate of drug-likeness (QED) is 0.790. The van der Waals surface area contributed by atoms with Gasteiger partial charge in [0.2, 0.25) is 15.9 Å². The Bertz CT molecular complexity index is 938. The third-order valence-corrected chi connectivity index (χ3v) is 7.21. The Morgan fingerprint density at radius 2 is 1.79 bits per heavy atom. The number of aryl methyl sites for hydroxylation is 2. The van der Waals surface area contributed by atoms with E-state index in [-0.39, 0.29) is 24.1 Å². The molecular formula is C21H25ClN2O3S. The van der Waals surface area contributed by atoms with Gasteiger partial charge in [-0.1, -0.05) is 41.9 Å². The summed E-state index contributed by atoms with van der Waals surface area (Å²) in [6.45, 7) is 4.56. The van der Waals surface area contributed by atoms with E-state index in [1.165, 1.54) is 4.31 Å². The second-order valence-electron chi connectivity index (χ2n) is 7.34. The molecular weight excluding hydrogens is 396 g/mol. The Morgan fingerprint density at radius 1 is 1.14 bits per heavy atom. The monoisotopic (exact) mass is 420 g/mol. The van der Waals surface area contributed by atoms with Gasteiger partial charge in [0.25, 0.3) is 0 Å². The first kappa shape index (κ1) is 20.8. The molecule has 1 fully saturated rings. The molecule has 1 unspecified atom stereocenters. The second kappa shape index (κ2) is 8.64. The fraction of sp³-hybridized carbons (Fsp3) is 0.381. The van der Waals surface area contributed by atoms with E-state index in [4.69, 9.17) is 11.6 Å². The minimum absolute atomic E-state index is 0.0879. The maximum atomic E-state index is 12.8. The molecule has 0 aromatic heterocycles. The number of anilines is 1. The summed E-state index contributed by atoms with van der Waals surface area (Å²) in [5.74, 6) is -0.563. The van der Waals surface area contributed by atoms with Crippen LogP contribution in [0.2, 0.25) is 5.02 Å². The number of piperidine rings is 1. The molecule has 1 atom stereocenters. The summed E-state index contributed by atoms with van der Waals surface area (Å²) in [7, 11) is -3.49. The van der Waals surface area contributed by atoms with E-state index in [0.717, 1.165) is 16.8 Å². The van der Waals surface area contributed by atoms with Gasteiger partial charge in [0.15, 0.2) is 0 Å². The van der Waals surface area contributed by atoms with Crippen LogP contribution in [0, 0.1) is 19.8 Å². The van der Waals surface area contributed by atoms with Crippen LogP contribution < -0.4 is 5.32 Å². The van der Waals surface area contributed by atoms with Crippen molar-refractivity contribution in [3.63, 3.8) is 0 Å². The molecule has 28 heavy (non-hydrogen) atoms. The fourth-order valence-electron chi connectivity index (χ4n) is 3.53. The Labute approximate surface area is 171 Å². The molecule has 1 amide bonds. The molecule has 1 aliphatic heterocycles. The summed E-state index contributed by atoms with van der Waals surface area (Å²) in [6.07, 6.45) is 1.36. The zero-order valence-corrected chi connectivity index (χ0v) is 17.7. The standard InChI is InChI=1S/C21H25ClN2O3S/c1-15-5-3-6-16(2)20(15)23-21(25)18-7-4-12-24(13-18)28(26,27)14-17-8-10-19(22)11-9-17/h3,5-6,8-11,18H,4,7,12-14H2,1-2H3,(H,23,25). The van der Waals surface area contributed by atoms with Crippen molar-refractivity contribution < 1.29 is 13.2 Å². The minimum Gasteiger partial charge on any atom is -0.325 e. The number of amides is 1. The number of rotatable bonds is 5. The minimum atomic E-state index is -3.49. The van der Waals surface area contributed by atoms with E-state index in [2.05, 4.69) is 5.32 Å². The van der Waals surface area contributed by atoms with Crippen molar-refractivity contribution in [2.45, 2.75) is 32.4 Å². The van der Waals surface area contributed by atoms with Crippen molar-refractivity contribution in [2.75, 3.05) is 18.4 Å². The van der Waals surface area contributed by atoms with Crippen LogP contribution in [0.3, 0.4) is 0 Å². The summed E-state index contributed by atoms with van der Waals surface area (Å²) in [5.41, 5.74) is 3.49. The van der Waals surface area contributed by atoms with Gasteiger partial charge >= 0.3 is 0 Å². The van der Waals surface area contributed by atoms with Gasteiger partial charge in [0.05, 0.1) is 11.7 Å². The van der Waals surface area contributed by atoms with Crippen LogP contribution in [-0.4, -0.2) is 31.7 Å². The third kappa shape index (κ3) is 4.93. The van der Waals surface area contributed by atoms with Gasteiger partial charge in [-0.15, -0.1) is 0 Å². The number of sulfonamides is 1. The van der Waals surface area contributed by atoms with Crippen LogP contribution in [0.5, 0.6) is 0 Å². The van der Waals surface area contributed by atoms with Gasteiger partial charge in [0, 0.05) is 23.8 Å². The predicted octanol–water partition coefficient (Wildman–Crippen LogP) is 4.14. The average Bonchev–Trinajstić information content (AvgIpc) is 2.66. The Kier molecular flexibility index (Phi) is 6.43. The van der Waals surface area contributed by atoms with Gasteiger partial charge in [-0.25, -0.2) is 12.7 Å². The van der Waals surface area contributed by atoms with Gasteiger partial charge < -0.3 is 5.32 Å². The van der Waals surface area contributed by atoms with Crippen molar-refractivity contribution in [2.24, 2.45) is 5.92 Å². The average molecular weight is 421 g/mol. The summed E-state index contributed by atoms with van der Waals surface area (Å²) < 4.78 is 27.1. The SMILES string of the molecule is Cc1cccc(C)c1NC(=O)C1CCCN(S(=O)(=O)Cc2ccc(Cl)cc2)C1. The van der Waals surface area contributed by atoms with Crippen molar-refractivity contribution in [1.29, 1.82) is 0 Å². The molecule has 1 aliphatic rings. The summed E-state index contributed by atoms with van der Waals surface area (Å²) in [4.78, 5) is 12.8. The van der Waals surface area contributed by atoms with Gasteiger partial charge in [-0.2, -0.15) is 0 Å². The highest BCUT2D eigenvalue weighted by molar-refractivity contribution is 7.88. The Hall–Kier alpha value is -1.89. The van der Waals surface area contributed by atoms with Gasteiger partial charge in [0.1, 0.15) is 0 Å². The van der Waals surface area contributed by atoms with Crippen molar-refractivity contribution in [1.82, 2.24) is 4.31 Å². The van der Waals surface area contributed by atoms with Crippen molar-refractivity contribution >= 4 is 33.2 Å². The summed E-state index contributed by atoms with van der Waals surface area (Å²) in [5, 5.41) is 3.57. The topological polar surface area (TPSA) is 66.5 Å². The molecule has 1 saturated heterocycles. The number of nitrogens with one attached hydrogen (secondary N) is 1. The molecule has 0 aliphatic carbocycles. The largest absolute Gasteiger partial charge is 0.325 e. The van der Waals surface area contributed by atoms with Gasteiger partial charge in [-0.3, -0.25) is 4.79 Å². The summed E-state index contributed by atoms with van der Waals surface area (Å²) >= 11 is 5.87. The number of benzene rings is 2. The molecule has 0 spiro atoms. The van der Waals surface area contributed by atoms with Crippen LogP contribution in [0.1, 0.15) is 29.5 Å². The van der Waals surface area contributed by atoms with E-state index in [0.29, 0.717) is 30.0 Å². The normalized spacial score (nSPS) is 18.0. The lowest BCUT2D eigenvalue weighted by Crippen LogP contribution is -2.44. The van der Waals surface area contributed by atoms with Crippen LogP contribution in [-0.2, 0) is 20.6 Å². The number of hydrogen-bond donors (Lipinski definition) is 1. The molecule has 150 valence electrons. The van der Waals surface area contributed by atoms with E-state index < -0.39 is 10.0 Å². The number of nitrogens with zero attached hydrogens (tertiary/aromatic N) is 1. The Balaban J connectivity index is 1.69. The molecule has 2 aromatic rings. The number of hydrogen-bond acceptors (Lipinski definition) is 3. The molecule has 5 nitrogen and oxygen atoms in total. The molecule has 0 bridgehead atoms. The fourth-order valence-corrected chi connectivity index (χ4v) is 5.27. The second-order valence-corrected chi connectivity index (χ2v) is 9.74. The molecule has 2 aromatic carbocycles. The van der Waals surface area contributed by atoms with E-state index in [1.807, 2.05) is 32.0 Å². The van der Waals surface area contributed by atoms with Crippen LogP contribution in [0.4, 0.5) is 5.69 Å². The van der Waals surface area contributed by atoms with E-state index >= 15 is 0 Å². The molecule has 0 saturated carbocycles. The first-order chi connectivity index (χ1) is 13.3. The highest BCUT2D eigenvalue weighted by Crippen LogP contribution is 2.25. The van der Waals surface area contributed by atoms with E-state index in [9.17, 15) is 13.2 Å². The molecule has 1 heterocycles. The maximum absolute atomic E-state index is 12.8. The Morgan fingerprint density at radius 3 is 2.43 bits per heavy atom. The summed E-state index contributed by atoms with van der Waals surface area (Å²) in [6, 6.07) is 12.7. The maximum Gasteiger partial charge on any atom is 0.228 e. The van der Waals surface area contributed by atoms with E-state index in [1.54, 1.807) is 24.3 Å². The van der Waals surface area contributed by atoms with Crippen LogP contribution in [0.25, 0.3) is 0 Å². The van der Waals surface area contributed by atoms with Crippen LogP contribution >= 0.6 is 11.6 Å². The van der Waals surface area contributed by atoms with Crippen molar-refractivity contribution in [3.05, 3.63) is 64.2 Å². The zero-order valence-electron chi connectivity index (χ0n) is 16.1. The van der Waals surface area contributed by atoms with Gasteiger partial charge in [-0.05, 0) is 55.5 Å². The first-order valence-corrected chi connectivity index (χ1v) is 11.3. The number of carbonyl (C=O) groups is 1. The first-order valence-electron chi connectivity index (χ1n) is 9.35. The molecule has 7 heteroatoms. The predicted molar refractivity (Wildman–Crippen MR) is 113 cm³/mol. The third-order valence-electron chi connectivity index (χ3n) is 5.14. The highest BCUT2D eigenvalue weighted by atomic mass is 35.5. The molecule has 0 radical (unpaired) electrons. The van der Waals surface area contributed by atoms with Crippen molar-refractivity contribution in [3.8, 4) is 0 Å². The lowest BCUT2D eigenvalue weighted by atomic mass is 9.98. The molecule has 3 rings (SSSR count). The highest BCUT2D eigenvalue weighted by Gasteiger charge is 2.32. The lowest BCUT2D eigenvalue weighted by molar-refractivity contribution is -0.120. The number of carbonyl (C=O) groups excluding carboxylic acids is 1. The molecule has 1 N–H and O–H groups in total. The zero-order chi connectivity index (χ0) is 20.3. The number of para-hydroxylation sites is 1. The number of halogens is 1. The smallest absolute Gasteiger partial charge is 0.228 e. The lowest BCUT2D eigenvalue weighted by Gasteiger charge is -2.31. The van der Waals surface area contributed by atoms with Crippen LogP contribution in [0.15, 0.2) is 42.5 Å².